The molecule has 1 N–H and O–H groups in total. The zero-order valence-electron chi connectivity index (χ0n) is 11.4. The van der Waals surface area contributed by atoms with Crippen LogP contribution in [0.2, 0.25) is 0 Å². The fourth-order valence-corrected chi connectivity index (χ4v) is 3.39. The van der Waals surface area contributed by atoms with E-state index in [-0.39, 0.29) is 11.9 Å². The van der Waals surface area contributed by atoms with Gasteiger partial charge in [-0.15, -0.1) is 5.10 Å². The van der Waals surface area contributed by atoms with Gasteiger partial charge in [-0.2, -0.15) is 5.10 Å². The van der Waals surface area contributed by atoms with E-state index in [4.69, 9.17) is 0 Å². The number of nitrogens with zero attached hydrogens (tertiary/aromatic N) is 4. The number of aryl methyl sites for hydroxylation is 1. The molecule has 106 valence electrons. The van der Waals surface area contributed by atoms with Gasteiger partial charge in [-0.05, 0) is 43.3 Å². The van der Waals surface area contributed by atoms with Crippen LogP contribution in [0.3, 0.4) is 0 Å². The first-order valence-corrected chi connectivity index (χ1v) is 7.70. The molecule has 2 aromatic rings. The second kappa shape index (κ2) is 5.70. The molecule has 7 heteroatoms. The van der Waals surface area contributed by atoms with Gasteiger partial charge in [0, 0.05) is 12.7 Å². The highest BCUT2D eigenvalue weighted by molar-refractivity contribution is 7.08. The Kier molecular flexibility index (Phi) is 3.77. The highest BCUT2D eigenvalue weighted by Gasteiger charge is 2.31. The number of aromatic amines is 1. The maximum Gasteiger partial charge on any atom is 0.268 e. The molecule has 0 saturated carbocycles. The second-order valence-corrected chi connectivity index (χ2v) is 5.68. The van der Waals surface area contributed by atoms with Gasteiger partial charge in [-0.3, -0.25) is 9.89 Å². The first-order chi connectivity index (χ1) is 9.81. The van der Waals surface area contributed by atoms with E-state index >= 15 is 0 Å². The Hall–Kier alpha value is -1.76. The first-order valence-electron chi connectivity index (χ1n) is 6.92. The van der Waals surface area contributed by atoms with Gasteiger partial charge in [-0.1, -0.05) is 11.4 Å². The van der Waals surface area contributed by atoms with Crippen LogP contribution >= 0.6 is 11.5 Å². The van der Waals surface area contributed by atoms with Gasteiger partial charge < -0.3 is 4.90 Å². The molecule has 0 spiro atoms. The Bertz CT molecular complexity index is 579. The van der Waals surface area contributed by atoms with E-state index in [1.54, 1.807) is 6.20 Å². The Morgan fingerprint density at radius 1 is 1.55 bits per heavy atom. The number of piperidine rings is 1. The summed E-state index contributed by atoms with van der Waals surface area (Å²) in [7, 11) is 0. The van der Waals surface area contributed by atoms with Gasteiger partial charge in [0.25, 0.3) is 5.91 Å². The van der Waals surface area contributed by atoms with E-state index < -0.39 is 0 Å². The number of rotatable bonds is 3. The fraction of sp³-hybridized carbons (Fsp3) is 0.538. The third kappa shape index (κ3) is 2.33. The van der Waals surface area contributed by atoms with Crippen molar-refractivity contribution >= 4 is 17.4 Å². The summed E-state index contributed by atoms with van der Waals surface area (Å²) in [6.07, 6.45) is 5.62. The lowest BCUT2D eigenvalue weighted by atomic mass is 9.99. The molecule has 2 aromatic heterocycles. The molecule has 0 aliphatic carbocycles. The molecule has 6 nitrogen and oxygen atoms in total. The summed E-state index contributed by atoms with van der Waals surface area (Å²) in [6.45, 7) is 2.78. The van der Waals surface area contributed by atoms with Crippen LogP contribution in [0.25, 0.3) is 0 Å². The Balaban J connectivity index is 1.88. The summed E-state index contributed by atoms with van der Waals surface area (Å²) in [4.78, 5) is 15.4. The van der Waals surface area contributed by atoms with Crippen molar-refractivity contribution in [3.63, 3.8) is 0 Å². The summed E-state index contributed by atoms with van der Waals surface area (Å²) >= 11 is 1.20. The van der Waals surface area contributed by atoms with Crippen LogP contribution in [-0.4, -0.2) is 37.1 Å². The SMILES string of the molecule is CCc1nnsc1C(=O)N1CCCCC1c1ccn[nH]1. The minimum atomic E-state index is 0.0520. The number of carbonyl (C=O) groups excluding carboxylic acids is 1. The highest BCUT2D eigenvalue weighted by atomic mass is 32.1. The number of likely N-dealkylation sites (tertiary alicyclic amines) is 1. The van der Waals surface area contributed by atoms with Crippen molar-refractivity contribution in [1.82, 2.24) is 24.7 Å². The predicted molar refractivity (Wildman–Crippen MR) is 75.5 cm³/mol. The largest absolute Gasteiger partial charge is 0.329 e. The molecule has 0 bridgehead atoms. The minimum absolute atomic E-state index is 0.0520. The van der Waals surface area contributed by atoms with Crippen LogP contribution in [0.4, 0.5) is 0 Å². The maximum atomic E-state index is 12.8. The topological polar surface area (TPSA) is 74.8 Å². The molecule has 20 heavy (non-hydrogen) atoms. The van der Waals surface area contributed by atoms with E-state index in [1.807, 2.05) is 17.9 Å². The van der Waals surface area contributed by atoms with Crippen molar-refractivity contribution < 1.29 is 4.79 Å². The molecule has 0 aromatic carbocycles. The number of hydrogen-bond acceptors (Lipinski definition) is 5. The summed E-state index contributed by atoms with van der Waals surface area (Å²) in [5.41, 5.74) is 1.81. The van der Waals surface area contributed by atoms with Gasteiger partial charge in [0.1, 0.15) is 4.88 Å². The van der Waals surface area contributed by atoms with E-state index in [1.165, 1.54) is 11.5 Å². The molecule has 1 amide bonds. The smallest absolute Gasteiger partial charge is 0.268 e. The van der Waals surface area contributed by atoms with Crippen molar-refractivity contribution in [2.24, 2.45) is 0 Å². The Labute approximate surface area is 121 Å². The second-order valence-electron chi connectivity index (χ2n) is 4.92. The van der Waals surface area contributed by atoms with Gasteiger partial charge in [-0.25, -0.2) is 0 Å². The van der Waals surface area contributed by atoms with Crippen molar-refractivity contribution in [2.45, 2.75) is 38.6 Å². The zero-order chi connectivity index (χ0) is 13.9. The third-order valence-electron chi connectivity index (χ3n) is 3.73. The van der Waals surface area contributed by atoms with Crippen molar-refractivity contribution in [2.75, 3.05) is 6.54 Å². The zero-order valence-corrected chi connectivity index (χ0v) is 12.2. The summed E-state index contributed by atoms with van der Waals surface area (Å²) in [5.74, 6) is 0.0520. The van der Waals surface area contributed by atoms with Gasteiger partial charge in [0.2, 0.25) is 0 Å². The monoisotopic (exact) mass is 291 g/mol. The fourth-order valence-electron chi connectivity index (χ4n) is 2.68. The molecule has 3 heterocycles. The number of amides is 1. The van der Waals surface area contributed by atoms with Crippen LogP contribution in [-0.2, 0) is 6.42 Å². The minimum Gasteiger partial charge on any atom is -0.329 e. The lowest BCUT2D eigenvalue weighted by Crippen LogP contribution is -2.38. The summed E-state index contributed by atoms with van der Waals surface area (Å²) in [6, 6.07) is 2.03. The number of H-pyrrole nitrogens is 1. The lowest BCUT2D eigenvalue weighted by Gasteiger charge is -2.34. The van der Waals surface area contributed by atoms with Gasteiger partial charge in [0.05, 0.1) is 17.4 Å². The van der Waals surface area contributed by atoms with Gasteiger partial charge >= 0.3 is 0 Å². The molecule has 1 aliphatic rings. The maximum absolute atomic E-state index is 12.8. The van der Waals surface area contributed by atoms with E-state index in [0.29, 0.717) is 4.88 Å². The van der Waals surface area contributed by atoms with E-state index in [9.17, 15) is 4.79 Å². The van der Waals surface area contributed by atoms with Crippen LogP contribution in [0.15, 0.2) is 12.3 Å². The molecular weight excluding hydrogens is 274 g/mol. The molecule has 1 aliphatic heterocycles. The van der Waals surface area contributed by atoms with Crippen LogP contribution in [0.1, 0.15) is 53.3 Å². The Morgan fingerprint density at radius 2 is 2.45 bits per heavy atom. The van der Waals surface area contributed by atoms with Gasteiger partial charge in [0.15, 0.2) is 0 Å². The number of hydrogen-bond donors (Lipinski definition) is 1. The van der Waals surface area contributed by atoms with Crippen LogP contribution < -0.4 is 0 Å². The average Bonchev–Trinajstić information content (AvgIpc) is 3.17. The van der Waals surface area contributed by atoms with Crippen molar-refractivity contribution in [3.05, 3.63) is 28.5 Å². The first kappa shape index (κ1) is 13.2. The van der Waals surface area contributed by atoms with E-state index in [2.05, 4.69) is 19.8 Å². The quantitative estimate of drug-likeness (QED) is 0.940. The van der Waals surface area contributed by atoms with Crippen LogP contribution in [0, 0.1) is 0 Å². The Morgan fingerprint density at radius 3 is 3.20 bits per heavy atom. The standard InChI is InChI=1S/C13H17N5OS/c1-2-9-12(20-17-16-9)13(19)18-8-4-3-5-11(18)10-6-7-14-15-10/h6-7,11H,2-5,8H2,1H3,(H,14,15). The molecule has 3 rings (SSSR count). The average molecular weight is 291 g/mol. The van der Waals surface area contributed by atoms with E-state index in [0.717, 1.165) is 43.6 Å². The summed E-state index contributed by atoms with van der Waals surface area (Å²) in [5, 5.41) is 11.0. The number of aromatic nitrogens is 4. The summed E-state index contributed by atoms with van der Waals surface area (Å²) < 4.78 is 3.92. The molecular formula is C13H17N5OS. The molecule has 1 fully saturated rings. The molecule has 1 saturated heterocycles. The highest BCUT2D eigenvalue weighted by Crippen LogP contribution is 2.31. The number of carbonyl (C=O) groups is 1. The van der Waals surface area contributed by atoms with Crippen LogP contribution in [0.5, 0.6) is 0 Å². The number of nitrogens with one attached hydrogen (secondary N) is 1. The molecule has 0 radical (unpaired) electrons. The lowest BCUT2D eigenvalue weighted by molar-refractivity contribution is 0.0610. The molecule has 1 unspecified atom stereocenters. The van der Waals surface area contributed by atoms with Crippen molar-refractivity contribution in [3.8, 4) is 0 Å². The third-order valence-corrected chi connectivity index (χ3v) is 4.49. The predicted octanol–water partition coefficient (Wildman–Crippen LogP) is 2.19. The normalized spacial score (nSPS) is 19.2. The van der Waals surface area contributed by atoms with Crippen molar-refractivity contribution in [1.29, 1.82) is 0 Å². The molecule has 1 atom stereocenters.